The second kappa shape index (κ2) is 12.3. The fourth-order valence-electron chi connectivity index (χ4n) is 3.16. The summed E-state index contributed by atoms with van der Waals surface area (Å²) >= 11 is 0. The number of benzene rings is 2. The predicted octanol–water partition coefficient (Wildman–Crippen LogP) is 5.84. The Balaban J connectivity index is 0.000000227. The monoisotopic (exact) mass is 617 g/mol. The maximum atomic E-state index is 4.38. The Bertz CT molecular complexity index is 1080. The number of hydrogen-bond acceptors (Lipinski definition) is 4. The summed E-state index contributed by atoms with van der Waals surface area (Å²) < 4.78 is 0. The van der Waals surface area contributed by atoms with Crippen LogP contribution in [-0.4, -0.2) is 38.2 Å². The summed E-state index contributed by atoms with van der Waals surface area (Å²) in [7, 11) is 8.11. The molecule has 0 aliphatic heterocycles. The largest absolute Gasteiger partial charge is 2.00 e. The van der Waals surface area contributed by atoms with Crippen LogP contribution in [0.3, 0.4) is 0 Å². The number of hydrogen-bond donors (Lipinski definition) is 0. The number of pyridine rings is 2. The van der Waals surface area contributed by atoms with Crippen molar-refractivity contribution in [2.75, 3.05) is 38.0 Å². The van der Waals surface area contributed by atoms with E-state index in [1.807, 2.05) is 103 Å². The summed E-state index contributed by atoms with van der Waals surface area (Å²) in [5.41, 5.74) is 8.60. The van der Waals surface area contributed by atoms with Gasteiger partial charge in [0.1, 0.15) is 0 Å². The van der Waals surface area contributed by atoms with Crippen molar-refractivity contribution < 1.29 is 21.1 Å². The van der Waals surface area contributed by atoms with E-state index in [0.717, 1.165) is 45.0 Å². The molecule has 4 nitrogen and oxygen atoms in total. The average Bonchev–Trinajstić information content (AvgIpc) is 2.80. The number of aryl methyl sites for hydroxylation is 2. The summed E-state index contributed by atoms with van der Waals surface area (Å²) in [4.78, 5) is 12.9. The molecule has 0 atom stereocenters. The summed E-state index contributed by atoms with van der Waals surface area (Å²) in [6.07, 6.45) is 3.67. The van der Waals surface area contributed by atoms with E-state index in [1.165, 1.54) is 0 Å². The van der Waals surface area contributed by atoms with Gasteiger partial charge in [0.2, 0.25) is 0 Å². The Morgan fingerprint density at radius 3 is 1.33 bits per heavy atom. The first-order valence-corrected chi connectivity index (χ1v) is 10.6. The van der Waals surface area contributed by atoms with Crippen molar-refractivity contribution in [1.82, 2.24) is 9.97 Å². The third-order valence-corrected chi connectivity index (χ3v) is 4.95. The number of nitrogens with zero attached hydrogens (tertiary/aromatic N) is 4. The number of anilines is 2. The second-order valence-electron chi connectivity index (χ2n) is 8.08. The van der Waals surface area contributed by atoms with Gasteiger partial charge in [-0.1, -0.05) is 26.0 Å². The summed E-state index contributed by atoms with van der Waals surface area (Å²) in [6, 6.07) is 27.0. The molecule has 0 fully saturated rings. The Hall–Kier alpha value is -2.97. The molecule has 0 aliphatic rings. The summed E-state index contributed by atoms with van der Waals surface area (Å²) in [5, 5.41) is 0. The molecule has 2 aromatic carbocycles. The first kappa shape index (κ1) is 26.3. The molecule has 4 rings (SSSR count). The maximum absolute atomic E-state index is 4.38. The topological polar surface area (TPSA) is 32.3 Å². The van der Waals surface area contributed by atoms with Crippen molar-refractivity contribution in [2.24, 2.45) is 0 Å². The van der Waals surface area contributed by atoms with Crippen LogP contribution in [0.4, 0.5) is 11.4 Å². The van der Waals surface area contributed by atoms with Gasteiger partial charge in [-0.2, -0.15) is 0 Å². The minimum atomic E-state index is 0. The van der Waals surface area contributed by atoms with Gasteiger partial charge in [0.05, 0.1) is 0 Å². The molecule has 0 unspecified atom stereocenters. The van der Waals surface area contributed by atoms with Gasteiger partial charge >= 0.3 is 21.1 Å². The second-order valence-corrected chi connectivity index (χ2v) is 8.08. The first-order valence-electron chi connectivity index (χ1n) is 10.6. The number of aromatic nitrogens is 2. The van der Waals surface area contributed by atoms with E-state index < -0.39 is 0 Å². The molecule has 0 saturated heterocycles. The molecular formula is C28H30N4Pt. The summed E-state index contributed by atoms with van der Waals surface area (Å²) in [5.74, 6) is 0. The van der Waals surface area contributed by atoms with Crippen molar-refractivity contribution in [3.8, 4) is 22.5 Å². The smallest absolute Gasteiger partial charge is 0.378 e. The maximum Gasteiger partial charge on any atom is 2.00 e. The van der Waals surface area contributed by atoms with E-state index in [2.05, 4.69) is 44.0 Å². The van der Waals surface area contributed by atoms with Crippen LogP contribution in [0.25, 0.3) is 22.5 Å². The van der Waals surface area contributed by atoms with Crippen molar-refractivity contribution in [1.29, 1.82) is 0 Å². The zero-order valence-corrected chi connectivity index (χ0v) is 22.3. The van der Waals surface area contributed by atoms with E-state index in [9.17, 15) is 0 Å². The molecule has 172 valence electrons. The Morgan fingerprint density at radius 2 is 1.00 bits per heavy atom. The quantitative estimate of drug-likeness (QED) is 0.270. The van der Waals surface area contributed by atoms with Crippen LogP contribution in [0.1, 0.15) is 11.1 Å². The Kier molecular flexibility index (Phi) is 9.81. The molecule has 2 heterocycles. The van der Waals surface area contributed by atoms with Crippen LogP contribution < -0.4 is 9.80 Å². The molecule has 2 aromatic heterocycles. The molecule has 5 heteroatoms. The first-order chi connectivity index (χ1) is 15.3. The average molecular weight is 618 g/mol. The third kappa shape index (κ3) is 7.54. The van der Waals surface area contributed by atoms with Crippen LogP contribution in [0, 0.1) is 26.0 Å². The van der Waals surface area contributed by atoms with Crippen LogP contribution >= 0.6 is 0 Å². The van der Waals surface area contributed by atoms with Crippen LogP contribution in [0.15, 0.2) is 73.1 Å². The van der Waals surface area contributed by atoms with Crippen molar-refractivity contribution in [3.63, 3.8) is 0 Å². The van der Waals surface area contributed by atoms with E-state index in [0.29, 0.717) is 0 Å². The molecule has 4 aromatic rings. The van der Waals surface area contributed by atoms with Crippen LogP contribution in [0.5, 0.6) is 0 Å². The molecule has 0 amide bonds. The van der Waals surface area contributed by atoms with Crippen LogP contribution in [-0.2, 0) is 21.1 Å². The van der Waals surface area contributed by atoms with Gasteiger partial charge in [0, 0.05) is 52.0 Å². The summed E-state index contributed by atoms with van der Waals surface area (Å²) in [6.45, 7) is 4.08. The van der Waals surface area contributed by atoms with Gasteiger partial charge in [0.25, 0.3) is 0 Å². The minimum Gasteiger partial charge on any atom is -0.378 e. The molecule has 0 saturated carbocycles. The van der Waals surface area contributed by atoms with Gasteiger partial charge in [-0.05, 0) is 23.5 Å². The molecule has 33 heavy (non-hydrogen) atoms. The SMILES string of the molecule is Cc1[c-]c(-c2cc(N(C)C)ccn2)ccc1.Cc1[c-]c(-c2cc(N(C)C)ccn2)ccc1.[Pt+2]. The molecule has 0 N–H and O–H groups in total. The van der Waals surface area contributed by atoms with E-state index >= 15 is 0 Å². The normalized spacial score (nSPS) is 9.88. The van der Waals surface area contributed by atoms with E-state index in [1.54, 1.807) is 0 Å². The fourth-order valence-corrected chi connectivity index (χ4v) is 3.16. The van der Waals surface area contributed by atoms with Gasteiger partial charge < -0.3 is 19.8 Å². The van der Waals surface area contributed by atoms with Gasteiger partial charge in [-0.25, -0.2) is 0 Å². The fraction of sp³-hybridized carbons (Fsp3) is 0.214. The van der Waals surface area contributed by atoms with Crippen LogP contribution in [0.2, 0.25) is 0 Å². The van der Waals surface area contributed by atoms with Gasteiger partial charge in [-0.15, -0.1) is 70.8 Å². The van der Waals surface area contributed by atoms with E-state index in [-0.39, 0.29) is 21.1 Å². The zero-order valence-electron chi connectivity index (χ0n) is 20.0. The third-order valence-electron chi connectivity index (χ3n) is 4.95. The molecule has 0 aliphatic carbocycles. The van der Waals surface area contributed by atoms with Gasteiger partial charge in [-0.3, -0.25) is 0 Å². The van der Waals surface area contributed by atoms with Gasteiger partial charge in [0.15, 0.2) is 0 Å². The van der Waals surface area contributed by atoms with Crippen molar-refractivity contribution in [2.45, 2.75) is 13.8 Å². The minimum absolute atomic E-state index is 0. The standard InChI is InChI=1S/2C14H15N2.Pt/c2*1-11-5-4-6-12(9-11)14-10-13(16(2)3)7-8-15-14;/h2*4-8,10H,1-3H3;/q2*-1;+2. The Morgan fingerprint density at radius 1 is 0.606 bits per heavy atom. The van der Waals surface area contributed by atoms with Crippen molar-refractivity contribution >= 4 is 11.4 Å². The number of rotatable bonds is 4. The molecule has 0 radical (unpaired) electrons. The molecule has 0 bridgehead atoms. The van der Waals surface area contributed by atoms with E-state index in [4.69, 9.17) is 0 Å². The Labute approximate surface area is 212 Å². The molecule has 0 spiro atoms. The predicted molar refractivity (Wildman–Crippen MR) is 135 cm³/mol. The zero-order chi connectivity index (χ0) is 23.1. The molecular weight excluding hydrogens is 587 g/mol. The van der Waals surface area contributed by atoms with Crippen molar-refractivity contribution in [3.05, 3.63) is 96.3 Å².